The largest absolute Gasteiger partial charge is 0.310 e. The van der Waals surface area contributed by atoms with E-state index in [9.17, 15) is 4.39 Å². The topological polar surface area (TPSA) is 29.9 Å². The van der Waals surface area contributed by atoms with Crippen LogP contribution in [-0.2, 0) is 0 Å². The van der Waals surface area contributed by atoms with E-state index >= 15 is 0 Å². The second kappa shape index (κ2) is 5.97. The molecule has 1 aromatic heterocycles. The highest BCUT2D eigenvalue weighted by Crippen LogP contribution is 2.20. The number of benzene rings is 1. The Morgan fingerprint density at radius 2 is 2.21 bits per heavy atom. The Kier molecular flexibility index (Phi) is 4.32. The maximum atomic E-state index is 13.3. The lowest BCUT2D eigenvalue weighted by atomic mass is 10.1. The minimum absolute atomic E-state index is 0.244. The Morgan fingerprint density at radius 1 is 1.42 bits per heavy atom. The van der Waals surface area contributed by atoms with Gasteiger partial charge in [0.15, 0.2) is 0 Å². The van der Waals surface area contributed by atoms with E-state index in [-0.39, 0.29) is 11.9 Å². The fraction of sp³-hybridized carbons (Fsp3) is 0.400. The van der Waals surface area contributed by atoms with Crippen molar-refractivity contribution >= 4 is 0 Å². The summed E-state index contributed by atoms with van der Waals surface area (Å²) < 4.78 is 15.0. The van der Waals surface area contributed by atoms with Gasteiger partial charge in [-0.3, -0.25) is 0 Å². The smallest absolute Gasteiger partial charge is 0.125 e. The highest BCUT2D eigenvalue weighted by molar-refractivity contribution is 5.35. The van der Waals surface area contributed by atoms with E-state index in [1.165, 1.54) is 12.1 Å². The maximum absolute atomic E-state index is 13.3. The summed E-state index contributed by atoms with van der Waals surface area (Å²) in [5.41, 5.74) is 2.95. The molecule has 2 aromatic rings. The average Bonchev–Trinajstić information content (AvgIpc) is 2.78. The molecule has 0 saturated carbocycles. The molecule has 0 aliphatic rings. The number of nitrogens with one attached hydrogen (secondary N) is 1. The molecule has 0 aliphatic heterocycles. The van der Waals surface area contributed by atoms with Gasteiger partial charge in [-0.2, -0.15) is 5.10 Å². The first-order valence-electron chi connectivity index (χ1n) is 6.67. The Morgan fingerprint density at radius 3 is 2.89 bits per heavy atom. The highest BCUT2D eigenvalue weighted by Gasteiger charge is 2.13. The highest BCUT2D eigenvalue weighted by atomic mass is 19.1. The minimum Gasteiger partial charge on any atom is -0.310 e. The van der Waals surface area contributed by atoms with Crippen LogP contribution in [0.2, 0.25) is 0 Å². The van der Waals surface area contributed by atoms with Crippen molar-refractivity contribution in [3.8, 4) is 5.69 Å². The van der Waals surface area contributed by atoms with Gasteiger partial charge in [0, 0.05) is 17.3 Å². The van der Waals surface area contributed by atoms with Crippen LogP contribution in [0.1, 0.15) is 37.6 Å². The van der Waals surface area contributed by atoms with Crippen molar-refractivity contribution in [1.82, 2.24) is 15.1 Å². The van der Waals surface area contributed by atoms with E-state index in [1.807, 2.05) is 19.2 Å². The summed E-state index contributed by atoms with van der Waals surface area (Å²) in [4.78, 5) is 0. The van der Waals surface area contributed by atoms with Gasteiger partial charge >= 0.3 is 0 Å². The first-order valence-corrected chi connectivity index (χ1v) is 6.67. The monoisotopic (exact) mass is 261 g/mol. The van der Waals surface area contributed by atoms with Gasteiger partial charge in [0.2, 0.25) is 0 Å². The van der Waals surface area contributed by atoms with Gasteiger partial charge < -0.3 is 5.32 Å². The Labute approximate surface area is 113 Å². The first kappa shape index (κ1) is 13.7. The molecule has 3 nitrogen and oxygen atoms in total. The standard InChI is InChI=1S/C15H20FN3/c1-4-8-17-11(2)15-10-18-19(12(15)3)14-7-5-6-13(16)9-14/h5-7,9-11,17H,4,8H2,1-3H3. The van der Waals surface area contributed by atoms with Crippen molar-refractivity contribution in [1.29, 1.82) is 0 Å². The minimum atomic E-state index is -0.244. The van der Waals surface area contributed by atoms with Crippen LogP contribution >= 0.6 is 0 Å². The zero-order valence-corrected chi connectivity index (χ0v) is 11.7. The molecule has 19 heavy (non-hydrogen) atoms. The van der Waals surface area contributed by atoms with Gasteiger partial charge in [-0.25, -0.2) is 9.07 Å². The molecule has 0 spiro atoms. The zero-order valence-electron chi connectivity index (χ0n) is 11.7. The number of aromatic nitrogens is 2. The molecule has 0 fully saturated rings. The molecule has 0 saturated heterocycles. The van der Waals surface area contributed by atoms with Crippen molar-refractivity contribution in [2.45, 2.75) is 33.2 Å². The molecule has 1 aromatic carbocycles. The van der Waals surface area contributed by atoms with E-state index in [0.29, 0.717) is 0 Å². The molecule has 1 heterocycles. The Hall–Kier alpha value is -1.68. The van der Waals surface area contributed by atoms with Gasteiger partial charge in [-0.05, 0) is 45.0 Å². The summed E-state index contributed by atoms with van der Waals surface area (Å²) in [6.45, 7) is 7.25. The lowest BCUT2D eigenvalue weighted by Gasteiger charge is -2.13. The van der Waals surface area contributed by atoms with E-state index in [1.54, 1.807) is 10.7 Å². The molecule has 4 heteroatoms. The number of rotatable bonds is 5. The Bertz CT molecular complexity index is 548. The third-order valence-corrected chi connectivity index (χ3v) is 3.27. The van der Waals surface area contributed by atoms with E-state index < -0.39 is 0 Å². The average molecular weight is 261 g/mol. The summed E-state index contributed by atoms with van der Waals surface area (Å²) >= 11 is 0. The van der Waals surface area contributed by atoms with Crippen LogP contribution in [0.4, 0.5) is 4.39 Å². The fourth-order valence-electron chi connectivity index (χ4n) is 2.19. The zero-order chi connectivity index (χ0) is 13.8. The van der Waals surface area contributed by atoms with Crippen LogP contribution < -0.4 is 5.32 Å². The van der Waals surface area contributed by atoms with Gasteiger partial charge in [0.25, 0.3) is 0 Å². The van der Waals surface area contributed by atoms with Crippen molar-refractivity contribution in [2.24, 2.45) is 0 Å². The van der Waals surface area contributed by atoms with Crippen LogP contribution in [-0.4, -0.2) is 16.3 Å². The van der Waals surface area contributed by atoms with E-state index in [4.69, 9.17) is 0 Å². The number of hydrogen-bond donors (Lipinski definition) is 1. The van der Waals surface area contributed by atoms with Crippen LogP contribution in [0.25, 0.3) is 5.69 Å². The van der Waals surface area contributed by atoms with Crippen LogP contribution in [0.15, 0.2) is 30.5 Å². The van der Waals surface area contributed by atoms with Crippen LogP contribution in [0.5, 0.6) is 0 Å². The third kappa shape index (κ3) is 3.01. The molecule has 1 unspecified atom stereocenters. The molecule has 0 bridgehead atoms. The normalized spacial score (nSPS) is 12.6. The predicted octanol–water partition coefficient (Wildman–Crippen LogP) is 3.38. The van der Waals surface area contributed by atoms with Crippen molar-refractivity contribution in [2.75, 3.05) is 6.54 Å². The maximum Gasteiger partial charge on any atom is 0.125 e. The second-order valence-corrected chi connectivity index (χ2v) is 4.75. The molecule has 1 atom stereocenters. The fourth-order valence-corrected chi connectivity index (χ4v) is 2.19. The summed E-state index contributed by atoms with van der Waals surface area (Å²) in [6.07, 6.45) is 2.95. The van der Waals surface area contributed by atoms with Gasteiger partial charge in [0.1, 0.15) is 5.82 Å². The molecular weight excluding hydrogens is 241 g/mol. The molecule has 0 amide bonds. The van der Waals surface area contributed by atoms with Crippen LogP contribution in [0, 0.1) is 12.7 Å². The quantitative estimate of drug-likeness (QED) is 0.894. The third-order valence-electron chi connectivity index (χ3n) is 3.27. The molecule has 102 valence electrons. The van der Waals surface area contributed by atoms with Crippen LogP contribution in [0.3, 0.4) is 0 Å². The lowest BCUT2D eigenvalue weighted by molar-refractivity contribution is 0.568. The second-order valence-electron chi connectivity index (χ2n) is 4.75. The van der Waals surface area contributed by atoms with Crippen molar-refractivity contribution in [3.05, 3.63) is 47.5 Å². The van der Waals surface area contributed by atoms with Gasteiger partial charge in [-0.15, -0.1) is 0 Å². The molecule has 0 aliphatic carbocycles. The number of hydrogen-bond acceptors (Lipinski definition) is 2. The molecule has 0 radical (unpaired) electrons. The molecular formula is C15H20FN3. The summed E-state index contributed by atoms with van der Waals surface area (Å²) in [5, 5.41) is 7.80. The van der Waals surface area contributed by atoms with Crippen molar-refractivity contribution in [3.63, 3.8) is 0 Å². The Balaban J connectivity index is 2.27. The van der Waals surface area contributed by atoms with Crippen molar-refractivity contribution < 1.29 is 4.39 Å². The van der Waals surface area contributed by atoms with E-state index in [0.717, 1.165) is 29.9 Å². The van der Waals surface area contributed by atoms with E-state index in [2.05, 4.69) is 24.3 Å². The summed E-state index contributed by atoms with van der Waals surface area (Å²) in [7, 11) is 0. The SMILES string of the molecule is CCCNC(C)c1cnn(-c2cccc(F)c2)c1C. The van der Waals surface area contributed by atoms with Gasteiger partial charge in [0.05, 0.1) is 11.9 Å². The lowest BCUT2D eigenvalue weighted by Crippen LogP contribution is -2.19. The predicted molar refractivity (Wildman–Crippen MR) is 75.0 cm³/mol. The molecule has 1 N–H and O–H groups in total. The number of nitrogens with zero attached hydrogens (tertiary/aromatic N) is 2. The molecule has 2 rings (SSSR count). The van der Waals surface area contributed by atoms with Gasteiger partial charge in [-0.1, -0.05) is 13.0 Å². The number of halogens is 1. The summed E-state index contributed by atoms with van der Waals surface area (Å²) in [5.74, 6) is -0.244. The first-order chi connectivity index (χ1) is 9.13. The summed E-state index contributed by atoms with van der Waals surface area (Å²) in [6, 6.07) is 6.74.